The summed E-state index contributed by atoms with van der Waals surface area (Å²) in [5.74, 6) is -1.42. The first kappa shape index (κ1) is 18.5. The number of halogens is 1. The molecule has 0 aliphatic rings. The van der Waals surface area contributed by atoms with Gasteiger partial charge in [-0.05, 0) is 30.2 Å². The fraction of sp³-hybridized carbons (Fsp3) is 0.211. The number of nitriles is 1. The fourth-order valence-corrected chi connectivity index (χ4v) is 2.54. The molecule has 1 N–H and O–H groups in total. The maximum atomic E-state index is 12.2. The Bertz CT molecular complexity index is 800. The zero-order valence-electron chi connectivity index (χ0n) is 13.7. The van der Waals surface area contributed by atoms with Gasteiger partial charge < -0.3 is 10.1 Å². The van der Waals surface area contributed by atoms with Crippen molar-refractivity contribution in [1.82, 2.24) is 0 Å². The van der Waals surface area contributed by atoms with Crippen LogP contribution in [0.1, 0.15) is 30.4 Å². The first-order valence-corrected chi connectivity index (χ1v) is 8.14. The van der Waals surface area contributed by atoms with E-state index in [4.69, 9.17) is 21.6 Å². The molecule has 2 aromatic carbocycles. The number of carbonyl (C=O) groups is 2. The van der Waals surface area contributed by atoms with Crippen molar-refractivity contribution < 1.29 is 14.3 Å². The molecule has 0 saturated heterocycles. The van der Waals surface area contributed by atoms with Crippen LogP contribution in [0.25, 0.3) is 0 Å². The number of carbonyl (C=O) groups excluding carboxylic acids is 2. The highest BCUT2D eigenvalue weighted by molar-refractivity contribution is 6.31. The Hall–Kier alpha value is -2.84. The number of rotatable bonds is 6. The van der Waals surface area contributed by atoms with Crippen LogP contribution in [0.3, 0.4) is 0 Å². The van der Waals surface area contributed by atoms with Gasteiger partial charge in [-0.25, -0.2) is 0 Å². The fourth-order valence-electron chi connectivity index (χ4n) is 2.36. The second kappa shape index (κ2) is 8.86. The molecule has 0 aliphatic carbocycles. The van der Waals surface area contributed by atoms with Gasteiger partial charge in [-0.1, -0.05) is 48.9 Å². The lowest BCUT2D eigenvalue weighted by atomic mass is 9.97. The highest BCUT2D eigenvalue weighted by atomic mass is 35.5. The van der Waals surface area contributed by atoms with E-state index in [1.807, 2.05) is 43.3 Å². The minimum atomic E-state index is -0.532. The average Bonchev–Trinajstić information content (AvgIpc) is 2.62. The normalized spacial score (nSPS) is 11.2. The first-order valence-electron chi connectivity index (χ1n) is 7.76. The van der Waals surface area contributed by atoms with Gasteiger partial charge in [-0.2, -0.15) is 5.26 Å². The Balaban J connectivity index is 1.97. The van der Waals surface area contributed by atoms with Crippen molar-refractivity contribution in [3.05, 3.63) is 64.7 Å². The highest BCUT2D eigenvalue weighted by Gasteiger charge is 2.21. The van der Waals surface area contributed by atoms with Crippen molar-refractivity contribution >= 4 is 29.2 Å². The molecule has 0 heterocycles. The summed E-state index contributed by atoms with van der Waals surface area (Å²) >= 11 is 5.87. The Labute approximate surface area is 151 Å². The van der Waals surface area contributed by atoms with Crippen molar-refractivity contribution in [1.29, 1.82) is 5.26 Å². The van der Waals surface area contributed by atoms with Gasteiger partial charge in [0.15, 0.2) is 6.61 Å². The summed E-state index contributed by atoms with van der Waals surface area (Å²) in [6.45, 7) is 1.45. The number of nitrogens with one attached hydrogen (secondary N) is 1. The van der Waals surface area contributed by atoms with Gasteiger partial charge >= 0.3 is 5.97 Å². The van der Waals surface area contributed by atoms with Crippen LogP contribution in [0.4, 0.5) is 5.69 Å². The van der Waals surface area contributed by atoms with Crippen LogP contribution < -0.4 is 5.32 Å². The van der Waals surface area contributed by atoms with Crippen LogP contribution in [0.2, 0.25) is 5.02 Å². The molecule has 128 valence electrons. The minimum absolute atomic E-state index is 0.278. The van der Waals surface area contributed by atoms with E-state index in [0.717, 1.165) is 5.56 Å². The largest absolute Gasteiger partial charge is 0.455 e. The average molecular weight is 357 g/mol. The molecule has 1 atom stereocenters. The number of anilines is 1. The van der Waals surface area contributed by atoms with Gasteiger partial charge in [0.05, 0.1) is 17.2 Å². The molecule has 0 aliphatic heterocycles. The van der Waals surface area contributed by atoms with E-state index >= 15 is 0 Å². The third-order valence-electron chi connectivity index (χ3n) is 3.62. The number of ether oxygens (including phenoxy) is 1. The van der Waals surface area contributed by atoms with Crippen molar-refractivity contribution in [3.63, 3.8) is 0 Å². The standard InChI is InChI=1S/C19H17ClN2O3/c1-2-16(13-6-4-3-5-7-13)19(24)25-12-18(23)22-17-10-15(20)9-8-14(17)11-21/h3-10,16H,2,12H2,1H3,(H,22,23)/t16-/m0/s1. The molecular formula is C19H17ClN2O3. The number of hydrogen-bond donors (Lipinski definition) is 1. The predicted molar refractivity (Wildman–Crippen MR) is 95.2 cm³/mol. The van der Waals surface area contributed by atoms with E-state index in [1.165, 1.54) is 12.1 Å². The van der Waals surface area contributed by atoms with Crippen LogP contribution in [-0.2, 0) is 14.3 Å². The van der Waals surface area contributed by atoms with Gasteiger partial charge in [-0.3, -0.25) is 9.59 Å². The molecule has 6 heteroatoms. The molecule has 0 radical (unpaired) electrons. The molecule has 2 aromatic rings. The van der Waals surface area contributed by atoms with Crippen molar-refractivity contribution in [3.8, 4) is 6.07 Å². The molecule has 0 unspecified atom stereocenters. The summed E-state index contributed by atoms with van der Waals surface area (Å²) in [5.41, 5.74) is 1.41. The molecule has 25 heavy (non-hydrogen) atoms. The molecular weight excluding hydrogens is 340 g/mol. The maximum Gasteiger partial charge on any atom is 0.313 e. The molecule has 0 bridgehead atoms. The second-order valence-corrected chi connectivity index (χ2v) is 5.77. The summed E-state index contributed by atoms with van der Waals surface area (Å²) in [4.78, 5) is 24.2. The third kappa shape index (κ3) is 5.07. The first-order chi connectivity index (χ1) is 12.0. The van der Waals surface area contributed by atoms with E-state index in [2.05, 4.69) is 5.32 Å². The highest BCUT2D eigenvalue weighted by Crippen LogP contribution is 2.22. The second-order valence-electron chi connectivity index (χ2n) is 5.33. The number of esters is 1. The summed E-state index contributed by atoms with van der Waals surface area (Å²) < 4.78 is 5.12. The molecule has 0 saturated carbocycles. The summed E-state index contributed by atoms with van der Waals surface area (Å²) in [7, 11) is 0. The SMILES string of the molecule is CC[C@H](C(=O)OCC(=O)Nc1cc(Cl)ccc1C#N)c1ccccc1. The smallest absolute Gasteiger partial charge is 0.313 e. The number of benzene rings is 2. The number of hydrogen-bond acceptors (Lipinski definition) is 4. The Morgan fingerprint density at radius 3 is 2.60 bits per heavy atom. The van der Waals surface area contributed by atoms with Crippen LogP contribution in [-0.4, -0.2) is 18.5 Å². The molecule has 0 spiro atoms. The molecule has 1 amide bonds. The molecule has 0 aromatic heterocycles. The maximum absolute atomic E-state index is 12.2. The number of nitrogens with zero attached hydrogens (tertiary/aromatic N) is 1. The van der Waals surface area contributed by atoms with E-state index in [1.54, 1.807) is 6.07 Å². The lowest BCUT2D eigenvalue weighted by molar-refractivity contribution is -0.149. The summed E-state index contributed by atoms with van der Waals surface area (Å²) in [5, 5.41) is 12.0. The van der Waals surface area contributed by atoms with Gasteiger partial charge in [0.25, 0.3) is 5.91 Å². The lowest BCUT2D eigenvalue weighted by Crippen LogP contribution is -2.24. The minimum Gasteiger partial charge on any atom is -0.455 e. The van der Waals surface area contributed by atoms with E-state index < -0.39 is 24.4 Å². The van der Waals surface area contributed by atoms with Gasteiger partial charge in [0.2, 0.25) is 0 Å². The van der Waals surface area contributed by atoms with Gasteiger partial charge in [-0.15, -0.1) is 0 Å². The zero-order chi connectivity index (χ0) is 18.2. The molecule has 0 fully saturated rings. The number of amides is 1. The van der Waals surface area contributed by atoms with Crippen LogP contribution in [0, 0.1) is 11.3 Å². The summed E-state index contributed by atoms with van der Waals surface area (Å²) in [6.07, 6.45) is 0.567. The van der Waals surface area contributed by atoms with Crippen LogP contribution >= 0.6 is 11.6 Å². The summed E-state index contributed by atoms with van der Waals surface area (Å²) in [6, 6.07) is 15.8. The Morgan fingerprint density at radius 2 is 1.96 bits per heavy atom. The zero-order valence-corrected chi connectivity index (χ0v) is 14.4. The Morgan fingerprint density at radius 1 is 1.24 bits per heavy atom. The van der Waals surface area contributed by atoms with Crippen LogP contribution in [0.5, 0.6) is 0 Å². The van der Waals surface area contributed by atoms with Gasteiger partial charge in [0, 0.05) is 5.02 Å². The molecule has 2 rings (SSSR count). The van der Waals surface area contributed by atoms with Crippen LogP contribution in [0.15, 0.2) is 48.5 Å². The topological polar surface area (TPSA) is 79.2 Å². The van der Waals surface area contributed by atoms with Crippen molar-refractivity contribution in [2.75, 3.05) is 11.9 Å². The van der Waals surface area contributed by atoms with E-state index in [0.29, 0.717) is 11.4 Å². The van der Waals surface area contributed by atoms with Gasteiger partial charge in [0.1, 0.15) is 6.07 Å². The third-order valence-corrected chi connectivity index (χ3v) is 3.85. The lowest BCUT2D eigenvalue weighted by Gasteiger charge is -2.14. The van der Waals surface area contributed by atoms with E-state index in [-0.39, 0.29) is 11.3 Å². The van der Waals surface area contributed by atoms with Crippen molar-refractivity contribution in [2.24, 2.45) is 0 Å². The molecule has 5 nitrogen and oxygen atoms in total. The Kier molecular flexibility index (Phi) is 6.55. The monoisotopic (exact) mass is 356 g/mol. The van der Waals surface area contributed by atoms with Crippen molar-refractivity contribution in [2.45, 2.75) is 19.3 Å². The quantitative estimate of drug-likeness (QED) is 0.796. The van der Waals surface area contributed by atoms with E-state index in [9.17, 15) is 9.59 Å². The predicted octanol–water partition coefficient (Wildman–Crippen LogP) is 3.89.